The number of nitro groups is 1. The van der Waals surface area contributed by atoms with Crippen molar-refractivity contribution >= 4 is 34.8 Å². The van der Waals surface area contributed by atoms with Gasteiger partial charge in [-0.3, -0.25) is 19.5 Å². The van der Waals surface area contributed by atoms with Crippen LogP contribution in [-0.4, -0.2) is 36.3 Å². The molecule has 1 atom stereocenters. The average molecular weight is 652 g/mol. The van der Waals surface area contributed by atoms with Gasteiger partial charge in [0.1, 0.15) is 11.5 Å². The molecule has 6 rings (SSSR count). The number of aryl methyl sites for hydroxylation is 1. The van der Waals surface area contributed by atoms with Gasteiger partial charge in [-0.25, -0.2) is 9.79 Å². The smallest absolute Gasteiger partial charge is 0.338 e. The maximum Gasteiger partial charge on any atom is 0.338 e. The number of rotatable bonds is 9. The average Bonchev–Trinajstić information content (AvgIpc) is 3.68. The summed E-state index contributed by atoms with van der Waals surface area (Å²) in [5, 5.41) is 11.5. The van der Waals surface area contributed by atoms with Crippen LogP contribution in [0.2, 0.25) is 0 Å². The SMILES string of the molecule is CCOC(=O)C1=C(c2ccccc2)N=c2s/c(=C\c3ccc(-c4ccc(C)c([N+](=O)[O-])c4)o3)c(=O)n2C1c1ccc(OC)c(OC)c1. The Bertz CT molecular complexity index is 2230. The molecule has 5 aromatic rings. The molecule has 0 N–H and O–H groups in total. The third-order valence-corrected chi connectivity index (χ3v) is 8.67. The molecule has 0 saturated carbocycles. The normalized spacial score (nSPS) is 14.4. The van der Waals surface area contributed by atoms with Crippen molar-refractivity contribution in [3.05, 3.63) is 137 Å². The summed E-state index contributed by atoms with van der Waals surface area (Å²) in [6.45, 7) is 3.51. The molecule has 3 heterocycles. The second-order valence-electron chi connectivity index (χ2n) is 10.5. The second kappa shape index (κ2) is 12.9. The predicted molar refractivity (Wildman–Crippen MR) is 176 cm³/mol. The van der Waals surface area contributed by atoms with E-state index in [1.165, 1.54) is 24.9 Å². The van der Waals surface area contributed by atoms with Crippen molar-refractivity contribution in [1.29, 1.82) is 0 Å². The van der Waals surface area contributed by atoms with Gasteiger partial charge in [-0.15, -0.1) is 0 Å². The topological polar surface area (TPSA) is 135 Å². The molecular formula is C35H29N3O8S. The number of nitrogens with zero attached hydrogens (tertiary/aromatic N) is 3. The number of carbonyl (C=O) groups is 1. The van der Waals surface area contributed by atoms with E-state index in [0.29, 0.717) is 60.3 Å². The highest BCUT2D eigenvalue weighted by atomic mass is 32.1. The van der Waals surface area contributed by atoms with Crippen LogP contribution in [0.15, 0.2) is 98.6 Å². The first-order chi connectivity index (χ1) is 22.7. The Balaban J connectivity index is 1.55. The van der Waals surface area contributed by atoms with Gasteiger partial charge in [0.25, 0.3) is 11.2 Å². The first kappa shape index (κ1) is 31.2. The Hall–Kier alpha value is -5.75. The lowest BCUT2D eigenvalue weighted by atomic mass is 9.93. The van der Waals surface area contributed by atoms with E-state index in [2.05, 4.69) is 0 Å². The van der Waals surface area contributed by atoms with Gasteiger partial charge in [0, 0.05) is 28.8 Å². The van der Waals surface area contributed by atoms with Gasteiger partial charge in [-0.2, -0.15) is 0 Å². The zero-order chi connectivity index (χ0) is 33.2. The van der Waals surface area contributed by atoms with Crippen LogP contribution >= 0.6 is 11.3 Å². The standard InChI is InChI=1S/C35H29N3O8S/c1-5-45-34(40)30-31(21-9-7-6-8-10-21)36-35-37(32(30)23-13-15-27(43-3)28(18-23)44-4)33(39)29(47-35)19-24-14-16-26(46-24)22-12-11-20(2)25(17-22)38(41)42/h6-19,32H,5H2,1-4H3/b29-19-. The molecule has 0 radical (unpaired) electrons. The maximum atomic E-state index is 14.2. The fourth-order valence-electron chi connectivity index (χ4n) is 5.45. The molecule has 0 bridgehead atoms. The third kappa shape index (κ3) is 5.86. The number of hydrogen-bond acceptors (Lipinski definition) is 10. The minimum absolute atomic E-state index is 0.0180. The van der Waals surface area contributed by atoms with Crippen molar-refractivity contribution in [1.82, 2.24) is 4.57 Å². The number of aromatic nitrogens is 1. The molecule has 0 spiro atoms. The molecule has 1 unspecified atom stereocenters. The summed E-state index contributed by atoms with van der Waals surface area (Å²) in [6, 6.07) is 21.8. The number of fused-ring (bicyclic) bond motifs is 1. The van der Waals surface area contributed by atoms with E-state index in [4.69, 9.17) is 23.6 Å². The van der Waals surface area contributed by atoms with E-state index in [1.54, 1.807) is 62.4 Å². The Kier molecular flexibility index (Phi) is 8.59. The lowest BCUT2D eigenvalue weighted by molar-refractivity contribution is -0.385. The minimum atomic E-state index is -0.914. The summed E-state index contributed by atoms with van der Waals surface area (Å²) in [5.41, 5.74) is 2.51. The summed E-state index contributed by atoms with van der Waals surface area (Å²) in [6.07, 6.45) is 1.60. The zero-order valence-electron chi connectivity index (χ0n) is 25.9. The van der Waals surface area contributed by atoms with Crippen LogP contribution in [-0.2, 0) is 9.53 Å². The highest BCUT2D eigenvalue weighted by Crippen LogP contribution is 2.38. The van der Waals surface area contributed by atoms with Crippen LogP contribution < -0.4 is 24.4 Å². The number of carbonyl (C=O) groups excluding carboxylic acids is 1. The number of methoxy groups -OCH3 is 2. The fourth-order valence-corrected chi connectivity index (χ4v) is 6.43. The van der Waals surface area contributed by atoms with Crippen LogP contribution in [0.1, 0.15) is 35.4 Å². The Morgan fingerprint density at radius 1 is 1.02 bits per heavy atom. The third-order valence-electron chi connectivity index (χ3n) is 7.69. The number of benzene rings is 3. The largest absolute Gasteiger partial charge is 0.493 e. The van der Waals surface area contributed by atoms with Crippen molar-refractivity contribution in [3.63, 3.8) is 0 Å². The van der Waals surface area contributed by atoms with Crippen molar-refractivity contribution in [2.24, 2.45) is 4.99 Å². The van der Waals surface area contributed by atoms with E-state index >= 15 is 0 Å². The molecule has 0 fully saturated rings. The monoisotopic (exact) mass is 651 g/mol. The van der Waals surface area contributed by atoms with E-state index in [9.17, 15) is 19.7 Å². The lowest BCUT2D eigenvalue weighted by Gasteiger charge is -2.26. The summed E-state index contributed by atoms with van der Waals surface area (Å²) < 4.78 is 24.3. The highest BCUT2D eigenvalue weighted by molar-refractivity contribution is 7.07. The Labute approximate surface area is 272 Å². The summed E-state index contributed by atoms with van der Waals surface area (Å²) >= 11 is 1.15. The van der Waals surface area contributed by atoms with Crippen molar-refractivity contribution in [3.8, 4) is 22.8 Å². The molecule has 47 heavy (non-hydrogen) atoms. The number of nitro benzene ring substituents is 1. The van der Waals surface area contributed by atoms with Crippen LogP contribution in [0.4, 0.5) is 5.69 Å². The van der Waals surface area contributed by atoms with Gasteiger partial charge in [0.2, 0.25) is 0 Å². The number of furan rings is 1. The molecule has 3 aromatic carbocycles. The van der Waals surface area contributed by atoms with Crippen LogP contribution in [0.25, 0.3) is 23.1 Å². The Morgan fingerprint density at radius 3 is 2.49 bits per heavy atom. The summed E-state index contributed by atoms with van der Waals surface area (Å²) in [4.78, 5) is 44.2. The molecule has 0 aliphatic carbocycles. The fraction of sp³-hybridized carbons (Fsp3) is 0.171. The predicted octanol–water partition coefficient (Wildman–Crippen LogP) is 5.43. The van der Waals surface area contributed by atoms with Gasteiger partial charge in [0.15, 0.2) is 16.3 Å². The van der Waals surface area contributed by atoms with Crippen LogP contribution in [0, 0.1) is 17.0 Å². The van der Waals surface area contributed by atoms with Gasteiger partial charge < -0.3 is 18.6 Å². The van der Waals surface area contributed by atoms with Gasteiger partial charge >= 0.3 is 5.97 Å². The van der Waals surface area contributed by atoms with Crippen LogP contribution in [0.5, 0.6) is 11.5 Å². The van der Waals surface area contributed by atoms with E-state index in [1.807, 2.05) is 30.3 Å². The van der Waals surface area contributed by atoms with E-state index < -0.39 is 22.5 Å². The van der Waals surface area contributed by atoms with Crippen molar-refractivity contribution in [2.45, 2.75) is 19.9 Å². The molecule has 11 nitrogen and oxygen atoms in total. The minimum Gasteiger partial charge on any atom is -0.493 e. The Morgan fingerprint density at radius 2 is 1.79 bits per heavy atom. The first-order valence-electron chi connectivity index (χ1n) is 14.6. The molecule has 0 saturated heterocycles. The molecule has 238 valence electrons. The van der Waals surface area contributed by atoms with E-state index in [-0.39, 0.29) is 17.9 Å². The second-order valence-corrected chi connectivity index (χ2v) is 11.5. The summed E-state index contributed by atoms with van der Waals surface area (Å²) in [5.74, 6) is 1.08. The number of esters is 1. The number of thiazole rings is 1. The zero-order valence-corrected chi connectivity index (χ0v) is 26.7. The molecule has 12 heteroatoms. The van der Waals surface area contributed by atoms with Gasteiger partial charge in [0.05, 0.1) is 47.6 Å². The van der Waals surface area contributed by atoms with Crippen LogP contribution in [0.3, 0.4) is 0 Å². The van der Waals surface area contributed by atoms with Crippen molar-refractivity contribution < 1.29 is 28.3 Å². The van der Waals surface area contributed by atoms with Crippen molar-refractivity contribution in [2.75, 3.05) is 20.8 Å². The molecule has 0 amide bonds. The molecule has 1 aliphatic heterocycles. The number of ether oxygens (including phenoxy) is 3. The number of hydrogen-bond donors (Lipinski definition) is 0. The maximum absolute atomic E-state index is 14.2. The van der Waals surface area contributed by atoms with E-state index in [0.717, 1.165) is 11.3 Å². The molecule has 1 aliphatic rings. The quantitative estimate of drug-likeness (QED) is 0.117. The lowest BCUT2D eigenvalue weighted by Crippen LogP contribution is -2.40. The molecular weight excluding hydrogens is 622 g/mol. The highest BCUT2D eigenvalue weighted by Gasteiger charge is 2.35. The summed E-state index contributed by atoms with van der Waals surface area (Å²) in [7, 11) is 3.04. The van der Waals surface area contributed by atoms with Gasteiger partial charge in [-0.1, -0.05) is 59.9 Å². The molecule has 2 aromatic heterocycles. The first-order valence-corrected chi connectivity index (χ1v) is 15.4. The van der Waals surface area contributed by atoms with Gasteiger partial charge in [-0.05, 0) is 43.7 Å².